The fraction of sp³-hybridized carbons (Fsp3) is 0.259. The summed E-state index contributed by atoms with van der Waals surface area (Å²) in [6, 6.07) is 20.7. The van der Waals surface area contributed by atoms with Crippen LogP contribution in [0, 0.1) is 17.2 Å². The second-order valence-electron chi connectivity index (χ2n) is 9.06. The number of carbonyl (C=O) groups excluding carboxylic acids is 2. The molecule has 182 valence electrons. The molecule has 2 N–H and O–H groups in total. The van der Waals surface area contributed by atoms with Crippen molar-refractivity contribution in [2.45, 2.75) is 18.9 Å². The number of nitriles is 1. The van der Waals surface area contributed by atoms with Crippen molar-refractivity contribution in [3.8, 4) is 11.8 Å². The second kappa shape index (κ2) is 9.96. The summed E-state index contributed by atoms with van der Waals surface area (Å²) in [7, 11) is 0. The van der Waals surface area contributed by atoms with Crippen molar-refractivity contribution in [2.75, 3.05) is 30.3 Å². The van der Waals surface area contributed by atoms with E-state index in [4.69, 9.17) is 10.00 Å². The molecule has 2 atom stereocenters. The summed E-state index contributed by atoms with van der Waals surface area (Å²) in [6.07, 6.45) is 0.908. The highest BCUT2D eigenvalue weighted by Gasteiger charge is 2.36. The number of carbonyl (C=O) groups is 2. The van der Waals surface area contributed by atoms with E-state index >= 15 is 0 Å². The van der Waals surface area contributed by atoms with E-state index in [2.05, 4.69) is 10.6 Å². The lowest BCUT2D eigenvalue weighted by Crippen LogP contribution is -2.50. The fourth-order valence-electron chi connectivity index (χ4n) is 4.95. The van der Waals surface area contributed by atoms with Crippen LogP contribution in [0.1, 0.15) is 23.6 Å². The Kier molecular flexibility index (Phi) is 6.41. The molecule has 36 heavy (non-hydrogen) atoms. The maximum atomic E-state index is 13.2. The highest BCUT2D eigenvalue weighted by atomic mass is 16.5. The maximum absolute atomic E-state index is 13.2. The van der Waals surface area contributed by atoms with Gasteiger partial charge in [-0.1, -0.05) is 24.3 Å². The van der Waals surface area contributed by atoms with E-state index in [9.17, 15) is 14.4 Å². The standard InChI is InChI=1S/C27H25N5O4/c28-13-18-5-4-6-21(12-18)29-27(35)30-23-9-10-24-20-11-19(15-32(24)26(23)34)14-31(16-20)25(33)17-36-22-7-2-1-3-8-22/h1-10,12,19-20H,11,14-17H2,(H2,29,30,35). The van der Waals surface area contributed by atoms with Crippen molar-refractivity contribution < 1.29 is 14.3 Å². The molecular weight excluding hydrogens is 458 g/mol. The summed E-state index contributed by atoms with van der Waals surface area (Å²) >= 11 is 0. The second-order valence-corrected chi connectivity index (χ2v) is 9.06. The van der Waals surface area contributed by atoms with Crippen LogP contribution in [0.15, 0.2) is 71.5 Å². The molecule has 1 fully saturated rings. The molecule has 2 unspecified atom stereocenters. The number of piperidine rings is 1. The molecule has 0 spiro atoms. The molecule has 5 rings (SSSR count). The Morgan fingerprint density at radius 3 is 2.64 bits per heavy atom. The zero-order chi connectivity index (χ0) is 25.1. The minimum atomic E-state index is -0.561. The van der Waals surface area contributed by atoms with Crippen molar-refractivity contribution >= 4 is 23.3 Å². The van der Waals surface area contributed by atoms with Crippen LogP contribution >= 0.6 is 0 Å². The van der Waals surface area contributed by atoms with Crippen LogP contribution < -0.4 is 20.9 Å². The van der Waals surface area contributed by atoms with Gasteiger partial charge in [0.15, 0.2) is 6.61 Å². The monoisotopic (exact) mass is 483 g/mol. The van der Waals surface area contributed by atoms with Gasteiger partial charge < -0.3 is 24.8 Å². The highest BCUT2D eigenvalue weighted by molar-refractivity contribution is 5.99. The summed E-state index contributed by atoms with van der Waals surface area (Å²) in [4.78, 5) is 40.3. The predicted octanol–water partition coefficient (Wildman–Crippen LogP) is 3.39. The van der Waals surface area contributed by atoms with Gasteiger partial charge in [0.05, 0.1) is 11.6 Å². The van der Waals surface area contributed by atoms with E-state index in [1.165, 1.54) is 0 Å². The summed E-state index contributed by atoms with van der Waals surface area (Å²) in [5.74, 6) is 0.774. The van der Waals surface area contributed by atoms with Gasteiger partial charge in [-0.15, -0.1) is 0 Å². The number of aromatic nitrogens is 1. The SMILES string of the molecule is N#Cc1cccc(NC(=O)Nc2ccc3n(c2=O)CC2CC3CN(C(=O)COc3ccccc3)C2)c1. The number of rotatable bonds is 5. The van der Waals surface area contributed by atoms with Gasteiger partial charge in [-0.25, -0.2) is 4.79 Å². The molecule has 3 aromatic rings. The number of anilines is 2. The van der Waals surface area contributed by atoms with Crippen molar-refractivity contribution in [1.29, 1.82) is 5.26 Å². The number of nitrogens with zero attached hydrogens (tertiary/aromatic N) is 3. The van der Waals surface area contributed by atoms with Gasteiger partial charge in [0.1, 0.15) is 11.4 Å². The van der Waals surface area contributed by atoms with Crippen LogP contribution in [0.4, 0.5) is 16.2 Å². The smallest absolute Gasteiger partial charge is 0.323 e. The molecule has 9 heteroatoms. The van der Waals surface area contributed by atoms with Crippen LogP contribution in [0.3, 0.4) is 0 Å². The summed E-state index contributed by atoms with van der Waals surface area (Å²) in [5, 5.41) is 14.3. The summed E-state index contributed by atoms with van der Waals surface area (Å²) < 4.78 is 7.35. The van der Waals surface area contributed by atoms with Crippen molar-refractivity contribution in [2.24, 2.45) is 5.92 Å². The number of ether oxygens (including phenoxy) is 1. The molecule has 3 amide bonds. The largest absolute Gasteiger partial charge is 0.484 e. The number of amides is 3. The number of hydrogen-bond donors (Lipinski definition) is 2. The van der Waals surface area contributed by atoms with Crippen molar-refractivity contribution in [3.63, 3.8) is 0 Å². The minimum Gasteiger partial charge on any atom is -0.484 e. The van der Waals surface area contributed by atoms with Crippen molar-refractivity contribution in [3.05, 3.63) is 88.3 Å². The third-order valence-corrected chi connectivity index (χ3v) is 6.56. The van der Waals surface area contributed by atoms with Crippen LogP contribution in [-0.2, 0) is 11.3 Å². The molecule has 9 nitrogen and oxygen atoms in total. The summed E-state index contributed by atoms with van der Waals surface area (Å²) in [5.41, 5.74) is 1.66. The number of benzene rings is 2. The number of para-hydroxylation sites is 1. The average Bonchev–Trinajstić information content (AvgIpc) is 2.89. The van der Waals surface area contributed by atoms with Crippen LogP contribution in [0.2, 0.25) is 0 Å². The van der Waals surface area contributed by atoms with Crippen LogP contribution in [-0.4, -0.2) is 41.1 Å². The number of urea groups is 1. The topological polar surface area (TPSA) is 116 Å². The zero-order valence-electron chi connectivity index (χ0n) is 19.5. The number of hydrogen-bond acceptors (Lipinski definition) is 5. The molecule has 1 aromatic heterocycles. The van der Waals surface area contributed by atoms with E-state index in [-0.39, 0.29) is 35.6 Å². The molecule has 2 aliphatic rings. The van der Waals surface area contributed by atoms with Crippen LogP contribution in [0.25, 0.3) is 0 Å². The molecule has 2 aliphatic heterocycles. The number of pyridine rings is 1. The molecule has 2 aromatic carbocycles. The molecule has 0 saturated carbocycles. The van der Waals surface area contributed by atoms with Crippen molar-refractivity contribution in [1.82, 2.24) is 9.47 Å². The lowest BCUT2D eigenvalue weighted by molar-refractivity contribution is -0.136. The quantitative estimate of drug-likeness (QED) is 0.577. The van der Waals surface area contributed by atoms with Crippen LogP contribution in [0.5, 0.6) is 5.75 Å². The Hall–Kier alpha value is -4.58. The van der Waals surface area contributed by atoms with Gasteiger partial charge in [0, 0.05) is 36.9 Å². The maximum Gasteiger partial charge on any atom is 0.323 e. The molecule has 0 aliphatic carbocycles. The first-order chi connectivity index (χ1) is 17.5. The molecule has 0 radical (unpaired) electrons. The van der Waals surface area contributed by atoms with E-state index in [0.717, 1.165) is 12.1 Å². The minimum absolute atomic E-state index is 0.0223. The van der Waals surface area contributed by atoms with E-state index in [1.54, 1.807) is 34.9 Å². The van der Waals surface area contributed by atoms with E-state index < -0.39 is 6.03 Å². The van der Waals surface area contributed by atoms with Gasteiger partial charge in [0.25, 0.3) is 11.5 Å². The lowest BCUT2D eigenvalue weighted by atomic mass is 9.83. The Labute approximate surface area is 207 Å². The van der Waals surface area contributed by atoms with E-state index in [0.29, 0.717) is 36.6 Å². The Balaban J connectivity index is 1.25. The number of nitrogens with one attached hydrogen (secondary N) is 2. The van der Waals surface area contributed by atoms with E-state index in [1.807, 2.05) is 47.4 Å². The molecule has 3 heterocycles. The van der Waals surface area contributed by atoms with Gasteiger partial charge in [-0.2, -0.15) is 5.26 Å². The first kappa shape index (κ1) is 23.2. The fourth-order valence-corrected chi connectivity index (χ4v) is 4.95. The average molecular weight is 484 g/mol. The first-order valence-electron chi connectivity index (χ1n) is 11.8. The Bertz CT molecular complexity index is 1400. The zero-order valence-corrected chi connectivity index (χ0v) is 19.5. The molecule has 1 saturated heterocycles. The third kappa shape index (κ3) is 4.93. The van der Waals surface area contributed by atoms with Gasteiger partial charge in [-0.05, 0) is 54.8 Å². The first-order valence-corrected chi connectivity index (χ1v) is 11.8. The lowest BCUT2D eigenvalue weighted by Gasteiger charge is -2.42. The highest BCUT2D eigenvalue weighted by Crippen LogP contribution is 2.35. The normalized spacial score (nSPS) is 17.9. The third-order valence-electron chi connectivity index (χ3n) is 6.56. The summed E-state index contributed by atoms with van der Waals surface area (Å²) in [6.45, 7) is 1.54. The predicted molar refractivity (Wildman–Crippen MR) is 134 cm³/mol. The van der Waals surface area contributed by atoms with Gasteiger partial charge in [0.2, 0.25) is 0 Å². The van der Waals surface area contributed by atoms with Gasteiger partial charge in [-0.3, -0.25) is 9.59 Å². The number of likely N-dealkylation sites (tertiary alicyclic amines) is 1. The molecular formula is C27H25N5O4. The Morgan fingerprint density at radius 2 is 1.83 bits per heavy atom. The Morgan fingerprint density at radius 1 is 1.00 bits per heavy atom. The van der Waals surface area contributed by atoms with Gasteiger partial charge >= 0.3 is 6.03 Å². The molecule has 2 bridgehead atoms. The number of fused-ring (bicyclic) bond motifs is 4.